The molecule has 1 unspecified atom stereocenters. The number of rotatable bonds is 3. The summed E-state index contributed by atoms with van der Waals surface area (Å²) in [5.74, 6) is -11.2. The molecule has 1 amide bonds. The van der Waals surface area contributed by atoms with Gasteiger partial charge in [-0.2, -0.15) is 0 Å². The Morgan fingerprint density at radius 1 is 1.00 bits per heavy atom. The molecule has 0 heterocycles. The van der Waals surface area contributed by atoms with Crippen molar-refractivity contribution in [2.24, 2.45) is 0 Å². The number of amides is 1. The van der Waals surface area contributed by atoms with E-state index < -0.39 is 52.4 Å². The van der Waals surface area contributed by atoms with E-state index in [1.54, 1.807) is 5.32 Å². The van der Waals surface area contributed by atoms with Gasteiger partial charge in [0.25, 0.3) is 0 Å². The van der Waals surface area contributed by atoms with E-state index in [-0.39, 0.29) is 6.29 Å². The van der Waals surface area contributed by atoms with Crippen LogP contribution in [0.5, 0.6) is 0 Å². The number of hydrogen-bond acceptors (Lipinski definition) is 3. The maximum Gasteiger partial charge on any atom is 0.408 e. The number of hydrogen-bond donors (Lipinski definition) is 1. The Balaban J connectivity index is 3.22. The standard InChI is InChI=1S/C13H12F5NO3/c1-13(2,3)22-12(21)19-5(4-20)6-7(14)9(16)11(18)10(17)8(6)15/h4-5H,1-3H3,(H,19,21). The second kappa shape index (κ2) is 6.29. The lowest BCUT2D eigenvalue weighted by atomic mass is 10.1. The van der Waals surface area contributed by atoms with Crippen LogP contribution in [0, 0.1) is 29.1 Å². The second-order valence-corrected chi connectivity index (χ2v) is 5.24. The Bertz CT molecular complexity index is 584. The van der Waals surface area contributed by atoms with Crippen LogP contribution in [0.1, 0.15) is 32.4 Å². The quantitative estimate of drug-likeness (QED) is 0.402. The Kier molecular flexibility index (Phi) is 5.10. The fourth-order valence-electron chi connectivity index (χ4n) is 1.50. The first-order valence-corrected chi connectivity index (χ1v) is 5.95. The molecule has 0 aliphatic heterocycles. The van der Waals surface area contributed by atoms with Crippen molar-refractivity contribution in [3.63, 3.8) is 0 Å². The summed E-state index contributed by atoms with van der Waals surface area (Å²) in [4.78, 5) is 22.3. The lowest BCUT2D eigenvalue weighted by Gasteiger charge is -2.22. The van der Waals surface area contributed by atoms with Crippen LogP contribution in [-0.4, -0.2) is 18.0 Å². The minimum atomic E-state index is -2.36. The molecule has 1 aromatic carbocycles. The largest absolute Gasteiger partial charge is 0.444 e. The first kappa shape index (κ1) is 17.9. The molecule has 0 bridgehead atoms. The van der Waals surface area contributed by atoms with Crippen molar-refractivity contribution in [2.75, 3.05) is 0 Å². The summed E-state index contributed by atoms with van der Waals surface area (Å²) >= 11 is 0. The second-order valence-electron chi connectivity index (χ2n) is 5.24. The molecule has 0 radical (unpaired) electrons. The molecule has 1 aromatic rings. The van der Waals surface area contributed by atoms with Crippen molar-refractivity contribution in [2.45, 2.75) is 32.4 Å². The zero-order valence-electron chi connectivity index (χ0n) is 11.8. The Morgan fingerprint density at radius 2 is 1.41 bits per heavy atom. The van der Waals surface area contributed by atoms with Gasteiger partial charge in [-0.1, -0.05) is 0 Å². The number of alkyl carbamates (subject to hydrolysis) is 1. The minimum Gasteiger partial charge on any atom is -0.444 e. The van der Waals surface area contributed by atoms with Gasteiger partial charge in [0, 0.05) is 0 Å². The van der Waals surface area contributed by atoms with Crippen LogP contribution in [0.3, 0.4) is 0 Å². The Labute approximate surface area is 122 Å². The van der Waals surface area contributed by atoms with Gasteiger partial charge in [-0.25, -0.2) is 26.7 Å². The molecule has 1 N–H and O–H groups in total. The summed E-state index contributed by atoms with van der Waals surface area (Å²) in [6.07, 6.45) is -1.43. The van der Waals surface area contributed by atoms with Crippen LogP contribution >= 0.6 is 0 Å². The minimum absolute atomic E-state index is 0.178. The third-order valence-electron chi connectivity index (χ3n) is 2.36. The molecule has 9 heteroatoms. The maximum atomic E-state index is 13.6. The van der Waals surface area contributed by atoms with Crippen LogP contribution in [0.25, 0.3) is 0 Å². The van der Waals surface area contributed by atoms with Gasteiger partial charge < -0.3 is 14.8 Å². The number of carbonyl (C=O) groups is 2. The SMILES string of the molecule is CC(C)(C)OC(=O)NC(C=O)c1c(F)c(F)c(F)c(F)c1F. The number of aldehydes is 1. The van der Waals surface area contributed by atoms with Crippen LogP contribution in [-0.2, 0) is 9.53 Å². The van der Waals surface area contributed by atoms with Gasteiger partial charge >= 0.3 is 6.09 Å². The van der Waals surface area contributed by atoms with Gasteiger partial charge in [0.1, 0.15) is 17.9 Å². The lowest BCUT2D eigenvalue weighted by Crippen LogP contribution is -2.36. The van der Waals surface area contributed by atoms with Crippen molar-refractivity contribution >= 4 is 12.4 Å². The highest BCUT2D eigenvalue weighted by molar-refractivity contribution is 5.74. The molecule has 0 saturated heterocycles. The molecule has 0 fully saturated rings. The zero-order chi connectivity index (χ0) is 17.2. The predicted molar refractivity (Wildman–Crippen MR) is 64.4 cm³/mol. The lowest BCUT2D eigenvalue weighted by molar-refractivity contribution is -0.109. The number of carbonyl (C=O) groups excluding carboxylic acids is 2. The number of ether oxygens (including phenoxy) is 1. The fourth-order valence-corrected chi connectivity index (χ4v) is 1.50. The van der Waals surface area contributed by atoms with Crippen molar-refractivity contribution < 1.29 is 36.3 Å². The van der Waals surface area contributed by atoms with E-state index in [0.717, 1.165) is 0 Å². The molecule has 0 saturated carbocycles. The summed E-state index contributed by atoms with van der Waals surface area (Å²) in [5, 5.41) is 1.73. The van der Waals surface area contributed by atoms with E-state index in [1.807, 2.05) is 0 Å². The molecule has 122 valence electrons. The van der Waals surface area contributed by atoms with Gasteiger partial charge in [-0.05, 0) is 20.8 Å². The average Bonchev–Trinajstić information content (AvgIpc) is 2.40. The van der Waals surface area contributed by atoms with E-state index in [9.17, 15) is 31.5 Å². The van der Waals surface area contributed by atoms with Crippen molar-refractivity contribution in [3.05, 3.63) is 34.6 Å². The van der Waals surface area contributed by atoms with Crippen molar-refractivity contribution in [3.8, 4) is 0 Å². The molecule has 0 aliphatic carbocycles. The summed E-state index contributed by atoms with van der Waals surface area (Å²) in [7, 11) is 0. The zero-order valence-corrected chi connectivity index (χ0v) is 11.8. The highest BCUT2D eigenvalue weighted by atomic mass is 19.2. The van der Waals surface area contributed by atoms with E-state index in [0.29, 0.717) is 0 Å². The summed E-state index contributed by atoms with van der Waals surface area (Å²) in [6, 6.07) is -2.10. The van der Waals surface area contributed by atoms with E-state index in [4.69, 9.17) is 4.74 Å². The van der Waals surface area contributed by atoms with E-state index >= 15 is 0 Å². The number of benzene rings is 1. The van der Waals surface area contributed by atoms with Crippen LogP contribution in [0.15, 0.2) is 0 Å². The third kappa shape index (κ3) is 3.71. The van der Waals surface area contributed by atoms with Crippen LogP contribution in [0.4, 0.5) is 26.7 Å². The summed E-state index contributed by atoms with van der Waals surface area (Å²) < 4.78 is 70.9. The van der Waals surface area contributed by atoms with Gasteiger partial charge in [0.2, 0.25) is 5.82 Å². The fraction of sp³-hybridized carbons (Fsp3) is 0.385. The van der Waals surface area contributed by atoms with Gasteiger partial charge in [0.05, 0.1) is 5.56 Å². The van der Waals surface area contributed by atoms with Crippen LogP contribution < -0.4 is 5.32 Å². The molecular formula is C13H12F5NO3. The molecule has 0 spiro atoms. The Hall–Kier alpha value is -2.19. The van der Waals surface area contributed by atoms with E-state index in [2.05, 4.69) is 0 Å². The third-order valence-corrected chi connectivity index (χ3v) is 2.36. The van der Waals surface area contributed by atoms with Crippen molar-refractivity contribution in [1.82, 2.24) is 5.32 Å². The first-order valence-electron chi connectivity index (χ1n) is 5.95. The molecule has 1 atom stereocenters. The van der Waals surface area contributed by atoms with Crippen molar-refractivity contribution in [1.29, 1.82) is 0 Å². The van der Waals surface area contributed by atoms with Crippen LogP contribution in [0.2, 0.25) is 0 Å². The predicted octanol–water partition coefficient (Wildman–Crippen LogP) is 3.15. The smallest absolute Gasteiger partial charge is 0.408 e. The number of nitrogens with one attached hydrogen (secondary N) is 1. The number of halogens is 5. The Morgan fingerprint density at radius 3 is 1.77 bits per heavy atom. The monoisotopic (exact) mass is 325 g/mol. The van der Waals surface area contributed by atoms with Gasteiger partial charge in [0.15, 0.2) is 23.3 Å². The van der Waals surface area contributed by atoms with Gasteiger partial charge in [-0.3, -0.25) is 0 Å². The molecule has 0 aromatic heterocycles. The molecule has 0 aliphatic rings. The molecular weight excluding hydrogens is 313 g/mol. The molecule has 22 heavy (non-hydrogen) atoms. The first-order chi connectivity index (χ1) is 9.99. The maximum absolute atomic E-state index is 13.6. The average molecular weight is 325 g/mol. The topological polar surface area (TPSA) is 55.4 Å². The summed E-state index contributed by atoms with van der Waals surface area (Å²) in [6.45, 7) is 4.42. The molecule has 1 rings (SSSR count). The highest BCUT2D eigenvalue weighted by Crippen LogP contribution is 2.27. The highest BCUT2D eigenvalue weighted by Gasteiger charge is 2.32. The molecule has 4 nitrogen and oxygen atoms in total. The summed E-state index contributed by atoms with van der Waals surface area (Å²) in [5.41, 5.74) is -2.45. The van der Waals surface area contributed by atoms with Gasteiger partial charge in [-0.15, -0.1) is 0 Å². The van der Waals surface area contributed by atoms with E-state index in [1.165, 1.54) is 20.8 Å². The normalized spacial score (nSPS) is 12.7.